The van der Waals surface area contributed by atoms with E-state index in [1.54, 1.807) is 0 Å². The lowest BCUT2D eigenvalue weighted by Gasteiger charge is -2.20. The second-order valence-corrected chi connectivity index (χ2v) is 6.27. The summed E-state index contributed by atoms with van der Waals surface area (Å²) in [5, 5.41) is 0. The lowest BCUT2D eigenvalue weighted by Crippen LogP contribution is -2.31. The van der Waals surface area contributed by atoms with Gasteiger partial charge >= 0.3 is 0 Å². The molecule has 1 N–H and O–H groups in total. The van der Waals surface area contributed by atoms with E-state index in [0.717, 1.165) is 30.0 Å². The van der Waals surface area contributed by atoms with Crippen molar-refractivity contribution in [1.29, 1.82) is 0 Å². The minimum Gasteiger partial charge on any atom is -0.342 e. The van der Waals surface area contributed by atoms with Crippen molar-refractivity contribution in [2.24, 2.45) is 0 Å². The van der Waals surface area contributed by atoms with Crippen molar-refractivity contribution in [2.75, 3.05) is 6.54 Å². The molecule has 1 unspecified atom stereocenters. The van der Waals surface area contributed by atoms with Gasteiger partial charge in [0.2, 0.25) is 5.91 Å². The average Bonchev–Trinajstić information content (AvgIpc) is 3.14. The molecule has 1 saturated heterocycles. The van der Waals surface area contributed by atoms with Crippen molar-refractivity contribution in [3.05, 3.63) is 41.9 Å². The van der Waals surface area contributed by atoms with Gasteiger partial charge in [-0.3, -0.25) is 4.79 Å². The van der Waals surface area contributed by atoms with Crippen LogP contribution < -0.4 is 0 Å². The Bertz CT molecular complexity index is 657. The molecule has 1 fully saturated rings. The highest BCUT2D eigenvalue weighted by Crippen LogP contribution is 2.29. The van der Waals surface area contributed by atoms with Gasteiger partial charge in [-0.2, -0.15) is 0 Å². The number of carbonyl (C=O) groups is 1. The van der Waals surface area contributed by atoms with Gasteiger partial charge < -0.3 is 9.88 Å². The molecule has 0 spiro atoms. The molecule has 1 aliphatic heterocycles. The van der Waals surface area contributed by atoms with Crippen LogP contribution in [0.25, 0.3) is 11.3 Å². The predicted octanol–water partition coefficient (Wildman–Crippen LogP) is 3.36. The van der Waals surface area contributed by atoms with E-state index in [0.29, 0.717) is 6.42 Å². The van der Waals surface area contributed by atoms with E-state index in [1.165, 1.54) is 5.56 Å². The standard InChI is InChI=1S/C18H23N3O/c1-4-13-5-7-14(8-6-13)16-10-19-18(20-16)15-9-17(22)21(11-15)12(2)3/h5-8,10,12,15H,4,9,11H2,1-3H3,(H,19,20). The van der Waals surface area contributed by atoms with Crippen molar-refractivity contribution < 1.29 is 4.79 Å². The Balaban J connectivity index is 1.78. The molecule has 1 atom stereocenters. The fourth-order valence-electron chi connectivity index (χ4n) is 3.02. The molecule has 2 heterocycles. The van der Waals surface area contributed by atoms with Crippen LogP contribution in [0, 0.1) is 0 Å². The number of nitrogens with one attached hydrogen (secondary N) is 1. The number of likely N-dealkylation sites (tertiary alicyclic amines) is 1. The van der Waals surface area contributed by atoms with Crippen LogP contribution >= 0.6 is 0 Å². The maximum atomic E-state index is 12.0. The first kappa shape index (κ1) is 14.8. The Kier molecular flexibility index (Phi) is 4.01. The van der Waals surface area contributed by atoms with Gasteiger partial charge in [0.15, 0.2) is 0 Å². The van der Waals surface area contributed by atoms with E-state index in [9.17, 15) is 4.79 Å². The summed E-state index contributed by atoms with van der Waals surface area (Å²) >= 11 is 0. The molecule has 1 aromatic carbocycles. The third-order valence-corrected chi connectivity index (χ3v) is 4.44. The van der Waals surface area contributed by atoms with Gasteiger partial charge in [-0.25, -0.2) is 4.98 Å². The molecule has 2 aromatic rings. The SMILES string of the molecule is CCc1ccc(-c2cnc(C3CC(=O)N(C(C)C)C3)[nH]2)cc1. The fraction of sp³-hybridized carbons (Fsp3) is 0.444. The third-order valence-electron chi connectivity index (χ3n) is 4.44. The van der Waals surface area contributed by atoms with Gasteiger partial charge in [0.25, 0.3) is 0 Å². The van der Waals surface area contributed by atoms with E-state index in [2.05, 4.69) is 55.0 Å². The number of aromatic nitrogens is 2. The van der Waals surface area contributed by atoms with Gasteiger partial charge in [-0.1, -0.05) is 31.2 Å². The Morgan fingerprint density at radius 2 is 2.05 bits per heavy atom. The number of nitrogens with zero attached hydrogens (tertiary/aromatic N) is 2. The maximum Gasteiger partial charge on any atom is 0.223 e. The lowest BCUT2D eigenvalue weighted by atomic mass is 10.1. The average molecular weight is 297 g/mol. The number of imidazole rings is 1. The molecule has 0 saturated carbocycles. The van der Waals surface area contributed by atoms with Gasteiger partial charge in [-0.05, 0) is 31.4 Å². The molecule has 1 amide bonds. The molecule has 0 bridgehead atoms. The minimum atomic E-state index is 0.179. The first-order chi connectivity index (χ1) is 10.6. The first-order valence-corrected chi connectivity index (χ1v) is 8.02. The zero-order valence-corrected chi connectivity index (χ0v) is 13.5. The van der Waals surface area contributed by atoms with Crippen LogP contribution in [0.3, 0.4) is 0 Å². The topological polar surface area (TPSA) is 49.0 Å². The largest absolute Gasteiger partial charge is 0.342 e. The zero-order chi connectivity index (χ0) is 15.7. The van der Waals surface area contributed by atoms with Crippen LogP contribution in [0.15, 0.2) is 30.5 Å². The van der Waals surface area contributed by atoms with Gasteiger partial charge in [0, 0.05) is 24.9 Å². The normalized spacial score (nSPS) is 18.5. The summed E-state index contributed by atoms with van der Waals surface area (Å²) in [6.45, 7) is 7.03. The number of rotatable bonds is 4. The number of amides is 1. The van der Waals surface area contributed by atoms with Crippen molar-refractivity contribution in [1.82, 2.24) is 14.9 Å². The smallest absolute Gasteiger partial charge is 0.223 e. The molecule has 1 aromatic heterocycles. The highest BCUT2D eigenvalue weighted by molar-refractivity contribution is 5.79. The number of aromatic amines is 1. The summed E-state index contributed by atoms with van der Waals surface area (Å²) in [5.74, 6) is 1.33. The summed E-state index contributed by atoms with van der Waals surface area (Å²) in [4.78, 5) is 21.9. The van der Waals surface area contributed by atoms with Gasteiger partial charge in [0.05, 0.1) is 11.9 Å². The highest BCUT2D eigenvalue weighted by Gasteiger charge is 2.33. The predicted molar refractivity (Wildman–Crippen MR) is 87.6 cm³/mol. The van der Waals surface area contributed by atoms with Crippen LogP contribution in [0.1, 0.15) is 44.5 Å². The summed E-state index contributed by atoms with van der Waals surface area (Å²) < 4.78 is 0. The molecular weight excluding hydrogens is 274 g/mol. The van der Waals surface area contributed by atoms with E-state index in [-0.39, 0.29) is 17.9 Å². The van der Waals surface area contributed by atoms with E-state index in [1.807, 2.05) is 11.1 Å². The quantitative estimate of drug-likeness (QED) is 0.940. The number of benzene rings is 1. The number of carbonyl (C=O) groups excluding carboxylic acids is 1. The van der Waals surface area contributed by atoms with Gasteiger partial charge in [-0.15, -0.1) is 0 Å². The summed E-state index contributed by atoms with van der Waals surface area (Å²) in [6.07, 6.45) is 3.47. The van der Waals surface area contributed by atoms with E-state index in [4.69, 9.17) is 0 Å². The first-order valence-electron chi connectivity index (χ1n) is 8.02. The Labute approximate surface area is 131 Å². The Hall–Kier alpha value is -2.10. The summed E-state index contributed by atoms with van der Waals surface area (Å²) in [7, 11) is 0. The van der Waals surface area contributed by atoms with Crippen molar-refractivity contribution in [2.45, 2.75) is 45.6 Å². The maximum absolute atomic E-state index is 12.0. The summed E-state index contributed by atoms with van der Waals surface area (Å²) in [5.41, 5.74) is 3.49. The molecule has 0 aliphatic carbocycles. The Morgan fingerprint density at radius 1 is 1.32 bits per heavy atom. The van der Waals surface area contributed by atoms with Crippen LogP contribution in [0.2, 0.25) is 0 Å². The lowest BCUT2D eigenvalue weighted by molar-refractivity contribution is -0.129. The highest BCUT2D eigenvalue weighted by atomic mass is 16.2. The molecule has 1 aliphatic rings. The van der Waals surface area contributed by atoms with Crippen LogP contribution in [-0.2, 0) is 11.2 Å². The number of H-pyrrole nitrogens is 1. The second kappa shape index (κ2) is 5.95. The van der Waals surface area contributed by atoms with Crippen molar-refractivity contribution in [3.63, 3.8) is 0 Å². The Morgan fingerprint density at radius 3 is 2.64 bits per heavy atom. The molecule has 116 valence electrons. The van der Waals surface area contributed by atoms with Crippen LogP contribution in [-0.4, -0.2) is 33.4 Å². The molecule has 0 radical (unpaired) electrons. The van der Waals surface area contributed by atoms with E-state index < -0.39 is 0 Å². The fourth-order valence-corrected chi connectivity index (χ4v) is 3.02. The number of aryl methyl sites for hydroxylation is 1. The second-order valence-electron chi connectivity index (χ2n) is 6.27. The van der Waals surface area contributed by atoms with Crippen molar-refractivity contribution in [3.8, 4) is 11.3 Å². The molecule has 4 nitrogen and oxygen atoms in total. The molecule has 22 heavy (non-hydrogen) atoms. The minimum absolute atomic E-state index is 0.179. The van der Waals surface area contributed by atoms with Crippen molar-refractivity contribution >= 4 is 5.91 Å². The van der Waals surface area contributed by atoms with E-state index >= 15 is 0 Å². The van der Waals surface area contributed by atoms with Crippen LogP contribution in [0.5, 0.6) is 0 Å². The molecular formula is C18H23N3O. The summed E-state index contributed by atoms with van der Waals surface area (Å²) in [6, 6.07) is 8.80. The molecule has 3 rings (SSSR count). The molecule has 4 heteroatoms. The third kappa shape index (κ3) is 2.78. The van der Waals surface area contributed by atoms with Gasteiger partial charge in [0.1, 0.15) is 5.82 Å². The number of hydrogen-bond donors (Lipinski definition) is 1. The van der Waals surface area contributed by atoms with Crippen LogP contribution in [0.4, 0.5) is 0 Å². The monoisotopic (exact) mass is 297 g/mol. The number of hydrogen-bond acceptors (Lipinski definition) is 2. The zero-order valence-electron chi connectivity index (χ0n) is 13.5.